The lowest BCUT2D eigenvalue weighted by Gasteiger charge is -1.96. The molecule has 1 aromatic heterocycles. The summed E-state index contributed by atoms with van der Waals surface area (Å²) in [7, 11) is 0. The third kappa shape index (κ3) is 3.55. The second-order valence-corrected chi connectivity index (χ2v) is 4.31. The third-order valence-electron chi connectivity index (χ3n) is 1.69. The van der Waals surface area contributed by atoms with Crippen LogP contribution in [0.4, 0.5) is 0 Å². The average molecular weight is 226 g/mol. The molecule has 15 heavy (non-hydrogen) atoms. The van der Waals surface area contributed by atoms with Gasteiger partial charge in [-0.1, -0.05) is 0 Å². The minimum atomic E-state index is -1.19. The van der Waals surface area contributed by atoms with Gasteiger partial charge in [0.2, 0.25) is 0 Å². The van der Waals surface area contributed by atoms with Gasteiger partial charge in [-0.25, -0.2) is 4.79 Å². The van der Waals surface area contributed by atoms with Gasteiger partial charge < -0.3 is 10.2 Å². The predicted molar refractivity (Wildman–Crippen MR) is 56.9 cm³/mol. The molecule has 0 fully saturated rings. The maximum absolute atomic E-state index is 10.7. The van der Waals surface area contributed by atoms with Gasteiger partial charge in [0.15, 0.2) is 0 Å². The second kappa shape index (κ2) is 4.75. The van der Waals surface area contributed by atoms with Crippen LogP contribution in [0.2, 0.25) is 0 Å². The van der Waals surface area contributed by atoms with Crippen LogP contribution >= 0.6 is 11.3 Å². The van der Waals surface area contributed by atoms with Crippen LogP contribution in [0, 0.1) is 6.92 Å². The fourth-order valence-electron chi connectivity index (χ4n) is 1.05. The van der Waals surface area contributed by atoms with E-state index in [0.717, 1.165) is 9.75 Å². The van der Waals surface area contributed by atoms with Crippen molar-refractivity contribution < 1.29 is 19.8 Å². The summed E-state index contributed by atoms with van der Waals surface area (Å²) in [5.74, 6) is -2.33. The molecule has 0 saturated heterocycles. The number of carboxylic acid groups (broad SMARTS) is 2. The van der Waals surface area contributed by atoms with E-state index in [2.05, 4.69) is 0 Å². The van der Waals surface area contributed by atoms with Crippen molar-refractivity contribution in [2.75, 3.05) is 0 Å². The Morgan fingerprint density at radius 2 is 2.07 bits per heavy atom. The fraction of sp³-hybridized carbons (Fsp3) is 0.200. The van der Waals surface area contributed by atoms with Crippen molar-refractivity contribution in [3.8, 4) is 0 Å². The normalized spacial score (nSPS) is 11.4. The second-order valence-electron chi connectivity index (χ2n) is 2.99. The molecule has 5 heteroatoms. The smallest absolute Gasteiger partial charge is 0.332 e. The lowest BCUT2D eigenvalue weighted by Crippen LogP contribution is -2.06. The van der Waals surface area contributed by atoms with Crippen molar-refractivity contribution in [2.24, 2.45) is 0 Å². The summed E-state index contributed by atoms with van der Waals surface area (Å²) in [4.78, 5) is 22.9. The maximum Gasteiger partial charge on any atom is 0.332 e. The van der Waals surface area contributed by atoms with Crippen LogP contribution in [-0.2, 0) is 9.59 Å². The van der Waals surface area contributed by atoms with Gasteiger partial charge in [-0.05, 0) is 25.1 Å². The molecular weight excluding hydrogens is 216 g/mol. The molecule has 0 bridgehead atoms. The third-order valence-corrected chi connectivity index (χ3v) is 2.64. The van der Waals surface area contributed by atoms with E-state index >= 15 is 0 Å². The summed E-state index contributed by atoms with van der Waals surface area (Å²) in [6, 6.07) is 3.63. The Hall–Kier alpha value is -1.62. The molecule has 0 atom stereocenters. The van der Waals surface area contributed by atoms with E-state index in [-0.39, 0.29) is 5.57 Å². The van der Waals surface area contributed by atoms with Gasteiger partial charge in [-0.3, -0.25) is 4.79 Å². The first-order valence-corrected chi connectivity index (χ1v) is 5.03. The van der Waals surface area contributed by atoms with E-state index in [0.29, 0.717) is 0 Å². The lowest BCUT2D eigenvalue weighted by molar-refractivity contribution is -0.139. The van der Waals surface area contributed by atoms with Crippen molar-refractivity contribution in [1.29, 1.82) is 0 Å². The van der Waals surface area contributed by atoms with Gasteiger partial charge in [-0.2, -0.15) is 0 Å². The van der Waals surface area contributed by atoms with Crippen LogP contribution in [-0.4, -0.2) is 22.2 Å². The number of hydrogen-bond acceptors (Lipinski definition) is 3. The van der Waals surface area contributed by atoms with E-state index in [1.54, 1.807) is 6.07 Å². The summed E-state index contributed by atoms with van der Waals surface area (Å²) >= 11 is 1.43. The Kier molecular flexibility index (Phi) is 3.62. The summed E-state index contributed by atoms with van der Waals surface area (Å²) in [6.45, 7) is 1.90. The number of aliphatic carboxylic acids is 2. The Labute approximate surface area is 90.5 Å². The van der Waals surface area contributed by atoms with Gasteiger partial charge in [0.1, 0.15) is 0 Å². The lowest BCUT2D eigenvalue weighted by atomic mass is 10.1. The fourth-order valence-corrected chi connectivity index (χ4v) is 1.90. The van der Waals surface area contributed by atoms with Crippen molar-refractivity contribution in [3.63, 3.8) is 0 Å². The highest BCUT2D eigenvalue weighted by atomic mass is 32.1. The molecule has 0 aliphatic rings. The summed E-state index contributed by atoms with van der Waals surface area (Å²) < 4.78 is 0. The summed E-state index contributed by atoms with van der Waals surface area (Å²) in [5, 5.41) is 17.3. The molecule has 0 aliphatic carbocycles. The first-order chi connectivity index (χ1) is 6.99. The minimum Gasteiger partial charge on any atom is -0.481 e. The average Bonchev–Trinajstić information content (AvgIpc) is 2.49. The monoisotopic (exact) mass is 226 g/mol. The Bertz CT molecular complexity index is 417. The molecule has 0 aromatic carbocycles. The number of carboxylic acids is 2. The van der Waals surface area contributed by atoms with Gasteiger partial charge in [0.25, 0.3) is 0 Å². The van der Waals surface area contributed by atoms with Crippen molar-refractivity contribution in [3.05, 3.63) is 27.5 Å². The molecule has 2 N–H and O–H groups in total. The van der Waals surface area contributed by atoms with Gasteiger partial charge in [0, 0.05) is 15.3 Å². The van der Waals surface area contributed by atoms with Crippen LogP contribution in [0.15, 0.2) is 17.7 Å². The van der Waals surface area contributed by atoms with E-state index < -0.39 is 18.4 Å². The highest BCUT2D eigenvalue weighted by molar-refractivity contribution is 7.12. The van der Waals surface area contributed by atoms with Crippen molar-refractivity contribution in [2.45, 2.75) is 13.3 Å². The van der Waals surface area contributed by atoms with Crippen LogP contribution in [0.25, 0.3) is 6.08 Å². The Balaban J connectivity index is 2.93. The standard InChI is InChI=1S/C10H10O4S/c1-6-2-3-8(15-6)4-7(10(13)14)5-9(11)12/h2-4H,5H2,1H3,(H,11,12)(H,13,14)/b7-4+. The van der Waals surface area contributed by atoms with E-state index in [4.69, 9.17) is 10.2 Å². The molecule has 0 aliphatic heterocycles. The predicted octanol–water partition coefficient (Wildman–Crippen LogP) is 2.00. The van der Waals surface area contributed by atoms with Crippen molar-refractivity contribution in [1.82, 2.24) is 0 Å². The van der Waals surface area contributed by atoms with Crippen molar-refractivity contribution >= 4 is 29.4 Å². The molecule has 0 unspecified atom stereocenters. The van der Waals surface area contributed by atoms with Crippen LogP contribution in [0.3, 0.4) is 0 Å². The molecule has 1 aromatic rings. The molecule has 0 radical (unpaired) electrons. The highest BCUT2D eigenvalue weighted by Gasteiger charge is 2.12. The Morgan fingerprint density at radius 1 is 1.40 bits per heavy atom. The van der Waals surface area contributed by atoms with Gasteiger partial charge in [0.05, 0.1) is 6.42 Å². The van der Waals surface area contributed by atoms with Crippen LogP contribution < -0.4 is 0 Å². The number of rotatable bonds is 4. The zero-order chi connectivity index (χ0) is 11.4. The Morgan fingerprint density at radius 3 is 2.47 bits per heavy atom. The van der Waals surface area contributed by atoms with E-state index in [1.807, 2.05) is 13.0 Å². The van der Waals surface area contributed by atoms with E-state index in [1.165, 1.54) is 17.4 Å². The van der Waals surface area contributed by atoms with Crippen LogP contribution in [0.5, 0.6) is 0 Å². The largest absolute Gasteiger partial charge is 0.481 e. The summed E-state index contributed by atoms with van der Waals surface area (Å²) in [6.07, 6.45) is 0.931. The molecule has 80 valence electrons. The molecular formula is C10H10O4S. The number of thiophene rings is 1. The number of carbonyl (C=O) groups is 2. The summed E-state index contributed by atoms with van der Waals surface area (Å²) in [5.41, 5.74) is -0.107. The van der Waals surface area contributed by atoms with Crippen LogP contribution in [0.1, 0.15) is 16.2 Å². The minimum absolute atomic E-state index is 0.107. The van der Waals surface area contributed by atoms with E-state index in [9.17, 15) is 9.59 Å². The molecule has 4 nitrogen and oxygen atoms in total. The zero-order valence-electron chi connectivity index (χ0n) is 8.06. The SMILES string of the molecule is Cc1ccc(/C=C(\CC(=O)O)C(=O)O)s1. The highest BCUT2D eigenvalue weighted by Crippen LogP contribution is 2.19. The molecule has 0 amide bonds. The quantitative estimate of drug-likeness (QED) is 0.770. The molecule has 0 spiro atoms. The first kappa shape index (κ1) is 11.5. The molecule has 1 rings (SSSR count). The zero-order valence-corrected chi connectivity index (χ0v) is 8.87. The molecule has 0 saturated carbocycles. The number of hydrogen-bond donors (Lipinski definition) is 2. The molecule has 1 heterocycles. The maximum atomic E-state index is 10.7. The topological polar surface area (TPSA) is 74.6 Å². The van der Waals surface area contributed by atoms with Gasteiger partial charge in [-0.15, -0.1) is 11.3 Å². The van der Waals surface area contributed by atoms with Gasteiger partial charge >= 0.3 is 11.9 Å². The first-order valence-electron chi connectivity index (χ1n) is 4.21. The number of aryl methyl sites for hydroxylation is 1.